The summed E-state index contributed by atoms with van der Waals surface area (Å²) in [6.45, 7) is 1.82. The summed E-state index contributed by atoms with van der Waals surface area (Å²) in [5.41, 5.74) is 1.29. The highest BCUT2D eigenvalue weighted by Gasteiger charge is 2.24. The Morgan fingerprint density at radius 2 is 1.95 bits per heavy atom. The van der Waals surface area contributed by atoms with Gasteiger partial charge in [0.15, 0.2) is 11.0 Å². The van der Waals surface area contributed by atoms with Gasteiger partial charge in [0.05, 0.1) is 12.5 Å². The zero-order chi connectivity index (χ0) is 15.7. The van der Waals surface area contributed by atoms with E-state index in [0.717, 1.165) is 31.4 Å². The van der Waals surface area contributed by atoms with Crippen LogP contribution in [0.4, 0.5) is 0 Å². The minimum atomic E-state index is -0.479. The van der Waals surface area contributed by atoms with E-state index in [4.69, 9.17) is 9.15 Å². The third kappa shape index (κ3) is 2.43. The van der Waals surface area contributed by atoms with Gasteiger partial charge in [-0.15, -0.1) is 0 Å². The molecule has 1 heterocycles. The number of fused-ring (bicyclic) bond motifs is 1. The second-order valence-corrected chi connectivity index (χ2v) is 5.93. The van der Waals surface area contributed by atoms with Crippen LogP contribution in [-0.4, -0.2) is 13.1 Å². The highest BCUT2D eigenvalue weighted by molar-refractivity contribution is 6.01. The summed E-state index contributed by atoms with van der Waals surface area (Å²) in [7, 11) is 1.33. The Hall–Kier alpha value is -2.10. The Morgan fingerprint density at radius 1 is 1.23 bits per heavy atom. The number of para-hydroxylation sites is 1. The third-order valence-corrected chi connectivity index (χ3v) is 4.56. The van der Waals surface area contributed by atoms with E-state index in [1.54, 1.807) is 18.2 Å². The minimum Gasteiger partial charge on any atom is -0.465 e. The van der Waals surface area contributed by atoms with Gasteiger partial charge in [-0.05, 0) is 31.9 Å². The monoisotopic (exact) mass is 300 g/mol. The van der Waals surface area contributed by atoms with Gasteiger partial charge in [-0.2, -0.15) is 0 Å². The fraction of sp³-hybridized carbons (Fsp3) is 0.444. The van der Waals surface area contributed by atoms with Crippen LogP contribution in [0.2, 0.25) is 0 Å². The maximum absolute atomic E-state index is 12.6. The van der Waals surface area contributed by atoms with Crippen molar-refractivity contribution in [3.63, 3.8) is 0 Å². The van der Waals surface area contributed by atoms with Crippen molar-refractivity contribution in [2.75, 3.05) is 7.11 Å². The van der Waals surface area contributed by atoms with Gasteiger partial charge < -0.3 is 9.15 Å². The molecule has 0 atom stereocenters. The molecule has 0 amide bonds. The highest BCUT2D eigenvalue weighted by atomic mass is 16.5. The molecule has 0 unspecified atom stereocenters. The molecule has 1 aliphatic carbocycles. The number of esters is 1. The lowest BCUT2D eigenvalue weighted by atomic mass is 9.85. The molecule has 3 rings (SSSR count). The number of methoxy groups -OCH3 is 1. The van der Waals surface area contributed by atoms with E-state index in [0.29, 0.717) is 22.1 Å². The predicted octanol–water partition coefficient (Wildman–Crippen LogP) is 3.94. The van der Waals surface area contributed by atoms with E-state index in [9.17, 15) is 9.59 Å². The average molecular weight is 300 g/mol. The summed E-state index contributed by atoms with van der Waals surface area (Å²) in [4.78, 5) is 24.6. The van der Waals surface area contributed by atoms with E-state index >= 15 is 0 Å². The molecule has 2 aromatic rings. The average Bonchev–Trinajstić information content (AvgIpc) is 2.57. The quantitative estimate of drug-likeness (QED) is 0.788. The fourth-order valence-corrected chi connectivity index (χ4v) is 3.35. The molecule has 1 aromatic carbocycles. The van der Waals surface area contributed by atoms with Crippen molar-refractivity contribution in [3.05, 3.63) is 45.3 Å². The van der Waals surface area contributed by atoms with Gasteiger partial charge >= 0.3 is 5.97 Å². The van der Waals surface area contributed by atoms with Crippen LogP contribution in [0.1, 0.15) is 59.7 Å². The SMILES string of the molecule is COC(=O)c1cccc2c(=O)c(C)c(C3CCCCC3)oc12. The van der Waals surface area contributed by atoms with Crippen LogP contribution in [-0.2, 0) is 4.74 Å². The first-order chi connectivity index (χ1) is 10.6. The first-order valence-corrected chi connectivity index (χ1v) is 7.78. The maximum Gasteiger partial charge on any atom is 0.341 e. The summed E-state index contributed by atoms with van der Waals surface area (Å²) in [5.74, 6) is 0.539. The van der Waals surface area contributed by atoms with Gasteiger partial charge in [0, 0.05) is 11.5 Å². The fourth-order valence-electron chi connectivity index (χ4n) is 3.35. The van der Waals surface area contributed by atoms with Crippen LogP contribution < -0.4 is 5.43 Å². The Balaban J connectivity index is 2.24. The lowest BCUT2D eigenvalue weighted by Crippen LogP contribution is -2.15. The molecule has 4 heteroatoms. The second-order valence-electron chi connectivity index (χ2n) is 5.93. The van der Waals surface area contributed by atoms with E-state index < -0.39 is 5.97 Å². The third-order valence-electron chi connectivity index (χ3n) is 4.56. The summed E-state index contributed by atoms with van der Waals surface area (Å²) >= 11 is 0. The Morgan fingerprint density at radius 3 is 2.64 bits per heavy atom. The molecule has 0 aliphatic heterocycles. The van der Waals surface area contributed by atoms with Crippen molar-refractivity contribution >= 4 is 16.9 Å². The van der Waals surface area contributed by atoms with Crippen molar-refractivity contribution in [1.82, 2.24) is 0 Å². The molecule has 4 nitrogen and oxygen atoms in total. The Bertz CT molecular complexity index is 766. The number of rotatable bonds is 2. The van der Waals surface area contributed by atoms with Crippen LogP contribution in [0.3, 0.4) is 0 Å². The van der Waals surface area contributed by atoms with Crippen molar-refractivity contribution in [2.45, 2.75) is 44.9 Å². The standard InChI is InChI=1S/C18H20O4/c1-11-15(19)13-9-6-10-14(18(20)21-2)17(13)22-16(11)12-7-4-3-5-8-12/h6,9-10,12H,3-5,7-8H2,1-2H3. The number of hydrogen-bond acceptors (Lipinski definition) is 4. The molecule has 1 fully saturated rings. The molecular formula is C18H20O4. The van der Waals surface area contributed by atoms with Crippen molar-refractivity contribution in [2.24, 2.45) is 0 Å². The summed E-state index contributed by atoms with van der Waals surface area (Å²) in [5, 5.41) is 0.444. The number of carbonyl (C=O) groups is 1. The first-order valence-electron chi connectivity index (χ1n) is 7.78. The molecule has 1 saturated carbocycles. The second kappa shape index (κ2) is 5.95. The highest BCUT2D eigenvalue weighted by Crippen LogP contribution is 2.35. The molecular weight excluding hydrogens is 280 g/mol. The van der Waals surface area contributed by atoms with E-state index in [1.165, 1.54) is 13.5 Å². The summed E-state index contributed by atoms with van der Waals surface area (Å²) < 4.78 is 10.9. The predicted molar refractivity (Wildman–Crippen MR) is 84.4 cm³/mol. The number of benzene rings is 1. The lowest BCUT2D eigenvalue weighted by Gasteiger charge is -2.22. The van der Waals surface area contributed by atoms with Gasteiger partial charge in [0.2, 0.25) is 0 Å². The summed E-state index contributed by atoms with van der Waals surface area (Å²) in [6.07, 6.45) is 5.63. The molecule has 0 bridgehead atoms. The molecule has 0 spiro atoms. The molecule has 116 valence electrons. The van der Waals surface area contributed by atoms with E-state index in [1.807, 2.05) is 6.92 Å². The van der Waals surface area contributed by atoms with E-state index in [2.05, 4.69) is 0 Å². The van der Waals surface area contributed by atoms with Gasteiger partial charge in [-0.1, -0.05) is 25.3 Å². The lowest BCUT2D eigenvalue weighted by molar-refractivity contribution is 0.0601. The van der Waals surface area contributed by atoms with Crippen LogP contribution in [0.25, 0.3) is 11.0 Å². The molecule has 0 radical (unpaired) electrons. The van der Waals surface area contributed by atoms with Crippen LogP contribution >= 0.6 is 0 Å². The zero-order valence-corrected chi connectivity index (χ0v) is 13.0. The summed E-state index contributed by atoms with van der Waals surface area (Å²) in [6, 6.07) is 5.02. The molecule has 0 N–H and O–H groups in total. The van der Waals surface area contributed by atoms with Crippen molar-refractivity contribution < 1.29 is 13.9 Å². The van der Waals surface area contributed by atoms with Gasteiger partial charge in [0.25, 0.3) is 0 Å². The Kier molecular flexibility index (Phi) is 4.01. The smallest absolute Gasteiger partial charge is 0.341 e. The Labute approximate surface area is 129 Å². The largest absolute Gasteiger partial charge is 0.465 e. The normalized spacial score (nSPS) is 15.9. The van der Waals surface area contributed by atoms with Gasteiger partial charge in [-0.3, -0.25) is 4.79 Å². The molecule has 1 aliphatic rings. The minimum absolute atomic E-state index is 0.0485. The molecule has 1 aromatic heterocycles. The maximum atomic E-state index is 12.6. The van der Waals surface area contributed by atoms with Crippen molar-refractivity contribution in [3.8, 4) is 0 Å². The number of ether oxygens (including phenoxy) is 1. The van der Waals surface area contributed by atoms with Crippen molar-refractivity contribution in [1.29, 1.82) is 0 Å². The molecule has 22 heavy (non-hydrogen) atoms. The number of hydrogen-bond donors (Lipinski definition) is 0. The van der Waals surface area contributed by atoms with Crippen LogP contribution in [0, 0.1) is 6.92 Å². The number of carbonyl (C=O) groups excluding carboxylic acids is 1. The van der Waals surface area contributed by atoms with Crippen LogP contribution in [0.5, 0.6) is 0 Å². The zero-order valence-electron chi connectivity index (χ0n) is 13.0. The molecule has 0 saturated heterocycles. The topological polar surface area (TPSA) is 56.5 Å². The van der Waals surface area contributed by atoms with Gasteiger partial charge in [0.1, 0.15) is 11.3 Å². The van der Waals surface area contributed by atoms with Gasteiger partial charge in [-0.25, -0.2) is 4.79 Å². The first kappa shape index (κ1) is 14.8. The van der Waals surface area contributed by atoms with E-state index in [-0.39, 0.29) is 11.3 Å². The van der Waals surface area contributed by atoms with Crippen LogP contribution in [0.15, 0.2) is 27.4 Å².